The molecular weight excluding hydrogens is 449 g/mol. The quantitative estimate of drug-likeness (QED) is 0.337. The Morgan fingerprint density at radius 2 is 1.97 bits per heavy atom. The molecule has 0 fully saturated rings. The first-order chi connectivity index (χ1) is 16.5. The molecule has 34 heavy (non-hydrogen) atoms. The molecule has 0 aliphatic rings. The number of allylic oxidation sites excluding steroid dienone is 1. The summed E-state index contributed by atoms with van der Waals surface area (Å²) < 4.78 is 16.8. The van der Waals surface area contributed by atoms with Gasteiger partial charge in [-0.2, -0.15) is 0 Å². The lowest BCUT2D eigenvalue weighted by atomic mass is 10.1. The zero-order valence-electron chi connectivity index (χ0n) is 18.3. The lowest BCUT2D eigenvalue weighted by Gasteiger charge is -2.07. The number of imidazole rings is 1. The van der Waals surface area contributed by atoms with Crippen molar-refractivity contribution in [1.82, 2.24) is 19.4 Å². The number of hydrogen-bond acceptors (Lipinski definition) is 5. The van der Waals surface area contributed by atoms with E-state index in [0.717, 1.165) is 33.0 Å². The summed E-state index contributed by atoms with van der Waals surface area (Å²) in [5.41, 5.74) is 5.16. The van der Waals surface area contributed by atoms with E-state index in [0.29, 0.717) is 16.3 Å². The molecule has 0 spiro atoms. The predicted molar refractivity (Wildman–Crippen MR) is 133 cm³/mol. The van der Waals surface area contributed by atoms with Crippen molar-refractivity contribution in [3.05, 3.63) is 96.2 Å². The van der Waals surface area contributed by atoms with Crippen LogP contribution in [0.3, 0.4) is 0 Å². The number of anilines is 1. The number of hydrogen-bond donors (Lipinski definition) is 1. The number of pyridine rings is 2. The molecule has 1 N–H and O–H groups in total. The van der Waals surface area contributed by atoms with Crippen molar-refractivity contribution in [1.29, 1.82) is 0 Å². The molecule has 4 aromatic heterocycles. The number of aromatic nitrogens is 4. The van der Waals surface area contributed by atoms with Gasteiger partial charge >= 0.3 is 0 Å². The van der Waals surface area contributed by atoms with Gasteiger partial charge in [0.15, 0.2) is 5.13 Å². The third kappa shape index (κ3) is 4.35. The molecule has 0 atom stereocenters. The highest BCUT2D eigenvalue weighted by molar-refractivity contribution is 7.16. The minimum atomic E-state index is -0.450. The molecule has 0 unspecified atom stereocenters. The van der Waals surface area contributed by atoms with Crippen molar-refractivity contribution in [3.8, 4) is 22.5 Å². The van der Waals surface area contributed by atoms with Crippen LogP contribution in [0, 0.1) is 5.82 Å². The zero-order valence-corrected chi connectivity index (χ0v) is 19.1. The topological polar surface area (TPSA) is 72.2 Å². The summed E-state index contributed by atoms with van der Waals surface area (Å²) in [6.07, 6.45) is 6.92. The van der Waals surface area contributed by atoms with Gasteiger partial charge in [0, 0.05) is 29.7 Å². The highest BCUT2D eigenvalue weighted by Crippen LogP contribution is 2.27. The van der Waals surface area contributed by atoms with Gasteiger partial charge in [-0.15, -0.1) is 0 Å². The Bertz CT molecular complexity index is 1520. The fraction of sp³-hybridized carbons (Fsp3) is 0.0769. The molecule has 4 heterocycles. The van der Waals surface area contributed by atoms with Crippen LogP contribution in [0.25, 0.3) is 33.7 Å². The SMILES string of the molecule is C=C(C)c1cnc(NC(=O)Cc2ccc(-c3cnc4cc(-c5ccccn5)ccn34)cc2F)s1. The highest BCUT2D eigenvalue weighted by Gasteiger charge is 2.14. The van der Waals surface area contributed by atoms with Crippen LogP contribution in [0.2, 0.25) is 0 Å². The summed E-state index contributed by atoms with van der Waals surface area (Å²) in [5, 5.41) is 3.19. The van der Waals surface area contributed by atoms with Gasteiger partial charge in [0.1, 0.15) is 11.5 Å². The molecule has 168 valence electrons. The molecule has 0 saturated heterocycles. The van der Waals surface area contributed by atoms with Crippen LogP contribution in [0.15, 0.2) is 79.9 Å². The summed E-state index contributed by atoms with van der Waals surface area (Å²) >= 11 is 1.34. The highest BCUT2D eigenvalue weighted by atomic mass is 32.1. The maximum absolute atomic E-state index is 14.9. The number of thiazole rings is 1. The Hall–Kier alpha value is -4.17. The monoisotopic (exact) mass is 469 g/mol. The summed E-state index contributed by atoms with van der Waals surface area (Å²) in [7, 11) is 0. The molecule has 1 aromatic carbocycles. The number of nitrogens with zero attached hydrogens (tertiary/aromatic N) is 4. The fourth-order valence-corrected chi connectivity index (χ4v) is 4.36. The number of fused-ring (bicyclic) bond motifs is 1. The second-order valence-corrected chi connectivity index (χ2v) is 8.87. The maximum atomic E-state index is 14.9. The van der Waals surface area contributed by atoms with Gasteiger partial charge < -0.3 is 5.32 Å². The van der Waals surface area contributed by atoms with Crippen molar-refractivity contribution in [2.75, 3.05) is 5.32 Å². The van der Waals surface area contributed by atoms with E-state index in [9.17, 15) is 9.18 Å². The van der Waals surface area contributed by atoms with Crippen molar-refractivity contribution >= 4 is 33.6 Å². The van der Waals surface area contributed by atoms with Crippen LogP contribution < -0.4 is 5.32 Å². The van der Waals surface area contributed by atoms with Crippen molar-refractivity contribution in [3.63, 3.8) is 0 Å². The van der Waals surface area contributed by atoms with E-state index in [2.05, 4.69) is 26.8 Å². The Morgan fingerprint density at radius 1 is 1.09 bits per heavy atom. The van der Waals surface area contributed by atoms with Gasteiger partial charge in [-0.05, 0) is 48.4 Å². The van der Waals surface area contributed by atoms with E-state index in [1.165, 1.54) is 17.4 Å². The molecule has 5 rings (SSSR count). The average molecular weight is 470 g/mol. The average Bonchev–Trinajstić information content (AvgIpc) is 3.48. The van der Waals surface area contributed by atoms with Crippen molar-refractivity contribution in [2.24, 2.45) is 0 Å². The van der Waals surface area contributed by atoms with Crippen molar-refractivity contribution < 1.29 is 9.18 Å². The van der Waals surface area contributed by atoms with Gasteiger partial charge in [-0.1, -0.05) is 36.1 Å². The number of carbonyl (C=O) groups excluding carboxylic acids is 1. The van der Waals surface area contributed by atoms with E-state index in [1.54, 1.807) is 30.7 Å². The molecule has 8 heteroatoms. The third-order valence-electron chi connectivity index (χ3n) is 5.35. The summed E-state index contributed by atoms with van der Waals surface area (Å²) in [6, 6.07) is 14.5. The number of amides is 1. The van der Waals surface area contributed by atoms with Crippen LogP contribution in [0.4, 0.5) is 9.52 Å². The fourth-order valence-electron chi connectivity index (χ4n) is 3.60. The van der Waals surface area contributed by atoms with E-state index in [1.807, 2.05) is 47.9 Å². The van der Waals surface area contributed by atoms with Crippen LogP contribution in [0.1, 0.15) is 17.4 Å². The molecule has 1 amide bonds. The molecule has 0 bridgehead atoms. The number of nitrogens with one attached hydrogen (secondary N) is 1. The largest absolute Gasteiger partial charge is 0.302 e. The minimum Gasteiger partial charge on any atom is -0.302 e. The standard InChI is InChI=1S/C26H20FN5OS/c1-16(2)23-15-30-26(34-23)31-25(33)13-17-6-7-19(11-20(17)27)22-14-29-24-12-18(8-10-32(22)24)21-5-3-4-9-28-21/h3-12,14-15H,1,13H2,2H3,(H,30,31,33). The third-order valence-corrected chi connectivity index (χ3v) is 6.42. The van der Waals surface area contributed by atoms with Gasteiger partial charge in [-0.3, -0.25) is 14.2 Å². The minimum absolute atomic E-state index is 0.0886. The first-order valence-electron chi connectivity index (χ1n) is 10.6. The van der Waals surface area contributed by atoms with Crippen molar-refractivity contribution in [2.45, 2.75) is 13.3 Å². The van der Waals surface area contributed by atoms with E-state index in [-0.39, 0.29) is 12.3 Å². The van der Waals surface area contributed by atoms with Gasteiger partial charge in [-0.25, -0.2) is 14.4 Å². The van der Waals surface area contributed by atoms with Crippen LogP contribution >= 0.6 is 11.3 Å². The molecule has 0 aliphatic carbocycles. The predicted octanol–water partition coefficient (Wildman–Crippen LogP) is 5.87. The zero-order chi connectivity index (χ0) is 23.7. The van der Waals surface area contributed by atoms with Crippen LogP contribution in [-0.4, -0.2) is 25.3 Å². The first kappa shape index (κ1) is 21.7. The first-order valence-corrected chi connectivity index (χ1v) is 11.4. The Kier molecular flexibility index (Phi) is 5.73. The Balaban J connectivity index is 1.35. The molecule has 0 radical (unpaired) electrons. The molecule has 5 aromatic rings. The number of halogens is 1. The Morgan fingerprint density at radius 3 is 2.71 bits per heavy atom. The Labute approximate surface area is 199 Å². The van der Waals surface area contributed by atoms with Gasteiger partial charge in [0.2, 0.25) is 5.91 Å². The summed E-state index contributed by atoms with van der Waals surface area (Å²) in [6.45, 7) is 5.74. The molecule has 0 saturated carbocycles. The normalized spacial score (nSPS) is 11.0. The lowest BCUT2D eigenvalue weighted by Crippen LogP contribution is -2.15. The number of carbonyl (C=O) groups is 1. The molecule has 0 aliphatic heterocycles. The van der Waals surface area contributed by atoms with Crippen LogP contribution in [0.5, 0.6) is 0 Å². The molecule has 6 nitrogen and oxygen atoms in total. The van der Waals surface area contributed by atoms with Gasteiger partial charge in [0.25, 0.3) is 0 Å². The van der Waals surface area contributed by atoms with Crippen LogP contribution in [-0.2, 0) is 11.2 Å². The van der Waals surface area contributed by atoms with E-state index in [4.69, 9.17) is 0 Å². The second-order valence-electron chi connectivity index (χ2n) is 7.84. The van der Waals surface area contributed by atoms with E-state index < -0.39 is 5.82 Å². The van der Waals surface area contributed by atoms with E-state index >= 15 is 0 Å². The number of rotatable bonds is 6. The van der Waals surface area contributed by atoms with Gasteiger partial charge in [0.05, 0.1) is 28.9 Å². The molecular formula is C26H20FN5OS. The summed E-state index contributed by atoms with van der Waals surface area (Å²) in [4.78, 5) is 26.3. The lowest BCUT2D eigenvalue weighted by molar-refractivity contribution is -0.115. The summed E-state index contributed by atoms with van der Waals surface area (Å²) in [5.74, 6) is -0.777. The second kappa shape index (κ2) is 8.99. The smallest absolute Gasteiger partial charge is 0.230 e. The maximum Gasteiger partial charge on any atom is 0.230 e. The number of benzene rings is 1.